The van der Waals surface area contributed by atoms with Gasteiger partial charge in [0.1, 0.15) is 0 Å². The Balaban J connectivity index is 2.17. The molecule has 2 aromatic carbocycles. The number of carbonyl (C=O) groups is 1. The minimum Gasteiger partial charge on any atom is -0.324 e. The van der Waals surface area contributed by atoms with Crippen molar-refractivity contribution in [2.24, 2.45) is 0 Å². The largest absolute Gasteiger partial charge is 0.324 e. The molecule has 0 unspecified atom stereocenters. The van der Waals surface area contributed by atoms with Gasteiger partial charge in [0.2, 0.25) is 5.91 Å². The zero-order valence-electron chi connectivity index (χ0n) is 15.1. The standard InChI is InChI=1S/C21H28N2O/c1-5-21(6-2,22-15-18-13-8-7-9-14-18)20(24)23-19-16(3)11-10-12-17(19)4/h7-14,22H,5-6,15H2,1-4H3,(H,23,24). The van der Waals surface area contributed by atoms with Crippen molar-refractivity contribution in [2.75, 3.05) is 5.32 Å². The second-order valence-electron chi connectivity index (χ2n) is 6.35. The molecule has 1 amide bonds. The number of para-hydroxylation sites is 1. The molecule has 2 rings (SSSR count). The van der Waals surface area contributed by atoms with Crippen molar-refractivity contribution in [3.8, 4) is 0 Å². The average Bonchev–Trinajstić information content (AvgIpc) is 2.60. The molecule has 0 aliphatic heterocycles. The van der Waals surface area contributed by atoms with Crippen LogP contribution in [0.5, 0.6) is 0 Å². The van der Waals surface area contributed by atoms with E-state index in [2.05, 4.69) is 36.6 Å². The molecule has 3 heteroatoms. The predicted octanol–water partition coefficient (Wildman–Crippen LogP) is 4.59. The number of carbonyl (C=O) groups excluding carboxylic acids is 1. The minimum atomic E-state index is -0.565. The smallest absolute Gasteiger partial charge is 0.244 e. The van der Waals surface area contributed by atoms with Crippen LogP contribution in [0.2, 0.25) is 0 Å². The molecule has 0 heterocycles. The van der Waals surface area contributed by atoms with Crippen molar-refractivity contribution in [1.29, 1.82) is 0 Å². The maximum absolute atomic E-state index is 13.0. The number of hydrogen-bond donors (Lipinski definition) is 2. The summed E-state index contributed by atoms with van der Waals surface area (Å²) < 4.78 is 0. The van der Waals surface area contributed by atoms with Gasteiger partial charge in [-0.3, -0.25) is 10.1 Å². The van der Waals surface area contributed by atoms with E-state index in [0.29, 0.717) is 6.54 Å². The van der Waals surface area contributed by atoms with Gasteiger partial charge in [-0.15, -0.1) is 0 Å². The third-order valence-electron chi connectivity index (χ3n) is 4.84. The lowest BCUT2D eigenvalue weighted by atomic mass is 9.90. The van der Waals surface area contributed by atoms with Crippen LogP contribution in [0.1, 0.15) is 43.4 Å². The molecule has 3 nitrogen and oxygen atoms in total. The highest BCUT2D eigenvalue weighted by Gasteiger charge is 2.34. The van der Waals surface area contributed by atoms with Crippen LogP contribution in [0.25, 0.3) is 0 Å². The maximum atomic E-state index is 13.0. The molecule has 0 bridgehead atoms. The van der Waals surface area contributed by atoms with Crippen molar-refractivity contribution in [3.05, 3.63) is 65.2 Å². The minimum absolute atomic E-state index is 0.0424. The molecule has 24 heavy (non-hydrogen) atoms. The number of benzene rings is 2. The molecule has 0 saturated heterocycles. The van der Waals surface area contributed by atoms with Gasteiger partial charge in [-0.05, 0) is 43.4 Å². The van der Waals surface area contributed by atoms with Crippen molar-refractivity contribution in [1.82, 2.24) is 5.32 Å². The fourth-order valence-electron chi connectivity index (χ4n) is 3.01. The van der Waals surface area contributed by atoms with Gasteiger partial charge >= 0.3 is 0 Å². The third-order valence-corrected chi connectivity index (χ3v) is 4.84. The first kappa shape index (κ1) is 18.2. The molecule has 0 spiro atoms. The molecule has 2 aromatic rings. The van der Waals surface area contributed by atoms with Crippen LogP contribution in [0.3, 0.4) is 0 Å². The molecular formula is C21H28N2O. The highest BCUT2D eigenvalue weighted by Crippen LogP contribution is 2.24. The lowest BCUT2D eigenvalue weighted by Crippen LogP contribution is -2.53. The van der Waals surface area contributed by atoms with Crippen LogP contribution in [-0.2, 0) is 11.3 Å². The predicted molar refractivity (Wildman–Crippen MR) is 101 cm³/mol. The summed E-state index contributed by atoms with van der Waals surface area (Å²) in [5, 5.41) is 6.65. The molecule has 0 radical (unpaired) electrons. The van der Waals surface area contributed by atoms with Crippen LogP contribution in [-0.4, -0.2) is 11.4 Å². The SMILES string of the molecule is CCC(CC)(NCc1ccccc1)C(=O)Nc1c(C)cccc1C. The molecule has 0 aliphatic rings. The topological polar surface area (TPSA) is 41.1 Å². The second kappa shape index (κ2) is 8.11. The molecule has 0 aromatic heterocycles. The molecule has 2 N–H and O–H groups in total. The van der Waals surface area contributed by atoms with Crippen molar-refractivity contribution in [2.45, 2.75) is 52.6 Å². The van der Waals surface area contributed by atoms with Gasteiger partial charge in [0.15, 0.2) is 0 Å². The average molecular weight is 324 g/mol. The van der Waals surface area contributed by atoms with Crippen LogP contribution in [0.4, 0.5) is 5.69 Å². The van der Waals surface area contributed by atoms with E-state index in [0.717, 1.165) is 29.7 Å². The number of aryl methyl sites for hydroxylation is 2. The molecule has 0 atom stereocenters. The summed E-state index contributed by atoms with van der Waals surface area (Å²) in [5.41, 5.74) is 3.73. The summed E-state index contributed by atoms with van der Waals surface area (Å²) in [6, 6.07) is 16.3. The fourth-order valence-corrected chi connectivity index (χ4v) is 3.01. The van der Waals surface area contributed by atoms with Crippen LogP contribution < -0.4 is 10.6 Å². The summed E-state index contributed by atoms with van der Waals surface area (Å²) in [4.78, 5) is 13.0. The number of hydrogen-bond acceptors (Lipinski definition) is 2. The van der Waals surface area contributed by atoms with Crippen LogP contribution >= 0.6 is 0 Å². The Hall–Kier alpha value is -2.13. The first-order valence-corrected chi connectivity index (χ1v) is 8.69. The number of nitrogens with one attached hydrogen (secondary N) is 2. The van der Waals surface area contributed by atoms with Gasteiger partial charge in [0.05, 0.1) is 5.54 Å². The quantitative estimate of drug-likeness (QED) is 0.782. The van der Waals surface area contributed by atoms with E-state index in [-0.39, 0.29) is 5.91 Å². The van der Waals surface area contributed by atoms with Gasteiger partial charge < -0.3 is 5.32 Å². The van der Waals surface area contributed by atoms with E-state index in [1.807, 2.05) is 50.2 Å². The molecule has 0 fully saturated rings. The summed E-state index contributed by atoms with van der Waals surface area (Å²) in [6.07, 6.45) is 1.49. The van der Waals surface area contributed by atoms with Crippen LogP contribution in [0, 0.1) is 13.8 Å². The monoisotopic (exact) mass is 324 g/mol. The van der Waals surface area contributed by atoms with E-state index < -0.39 is 5.54 Å². The Bertz CT molecular complexity index is 655. The Morgan fingerprint density at radius 2 is 1.50 bits per heavy atom. The Kier molecular flexibility index (Phi) is 6.16. The first-order valence-electron chi connectivity index (χ1n) is 8.69. The summed E-state index contributed by atoms with van der Waals surface area (Å²) in [6.45, 7) is 8.86. The van der Waals surface area contributed by atoms with E-state index in [9.17, 15) is 4.79 Å². The summed E-state index contributed by atoms with van der Waals surface area (Å²) in [7, 11) is 0. The normalized spacial score (nSPS) is 11.3. The number of anilines is 1. The molecule has 0 aliphatic carbocycles. The lowest BCUT2D eigenvalue weighted by molar-refractivity contribution is -0.122. The van der Waals surface area contributed by atoms with Gasteiger partial charge in [-0.2, -0.15) is 0 Å². The van der Waals surface area contributed by atoms with Gasteiger partial charge in [-0.1, -0.05) is 62.4 Å². The summed E-state index contributed by atoms with van der Waals surface area (Å²) >= 11 is 0. The van der Waals surface area contributed by atoms with Gasteiger partial charge in [-0.25, -0.2) is 0 Å². The van der Waals surface area contributed by atoms with Crippen LogP contribution in [0.15, 0.2) is 48.5 Å². The Morgan fingerprint density at radius 1 is 0.917 bits per heavy atom. The second-order valence-corrected chi connectivity index (χ2v) is 6.35. The number of rotatable bonds is 7. The first-order chi connectivity index (χ1) is 11.5. The van der Waals surface area contributed by atoms with E-state index >= 15 is 0 Å². The van der Waals surface area contributed by atoms with Crippen molar-refractivity contribution < 1.29 is 4.79 Å². The Morgan fingerprint density at radius 3 is 2.04 bits per heavy atom. The highest BCUT2D eigenvalue weighted by atomic mass is 16.2. The lowest BCUT2D eigenvalue weighted by Gasteiger charge is -2.32. The van der Waals surface area contributed by atoms with Crippen molar-refractivity contribution in [3.63, 3.8) is 0 Å². The zero-order valence-corrected chi connectivity index (χ0v) is 15.1. The van der Waals surface area contributed by atoms with Crippen molar-refractivity contribution >= 4 is 11.6 Å². The van der Waals surface area contributed by atoms with E-state index in [1.165, 1.54) is 5.56 Å². The van der Waals surface area contributed by atoms with Gasteiger partial charge in [0, 0.05) is 12.2 Å². The molecule has 0 saturated carbocycles. The fraction of sp³-hybridized carbons (Fsp3) is 0.381. The third kappa shape index (κ3) is 4.04. The highest BCUT2D eigenvalue weighted by molar-refractivity contribution is 5.99. The van der Waals surface area contributed by atoms with Gasteiger partial charge in [0.25, 0.3) is 0 Å². The maximum Gasteiger partial charge on any atom is 0.244 e. The van der Waals surface area contributed by atoms with E-state index in [1.54, 1.807) is 0 Å². The Labute approximate surface area is 145 Å². The zero-order chi connectivity index (χ0) is 17.6. The van der Waals surface area contributed by atoms with E-state index in [4.69, 9.17) is 0 Å². The molecular weight excluding hydrogens is 296 g/mol. The number of amides is 1. The molecule has 128 valence electrons. The summed E-state index contributed by atoms with van der Waals surface area (Å²) in [5.74, 6) is 0.0424.